The predicted molar refractivity (Wildman–Crippen MR) is 86.8 cm³/mol. The molecule has 0 atom stereocenters. The monoisotopic (exact) mass is 317 g/mol. The van der Waals surface area contributed by atoms with E-state index in [1.54, 1.807) is 6.20 Å². The van der Waals surface area contributed by atoms with E-state index in [4.69, 9.17) is 0 Å². The summed E-state index contributed by atoms with van der Waals surface area (Å²) in [6, 6.07) is 5.69. The third kappa shape index (κ3) is 4.00. The molecule has 2 amide bonds. The highest BCUT2D eigenvalue weighted by atomic mass is 32.1. The Morgan fingerprint density at radius 1 is 1.14 bits per heavy atom. The normalized spacial score (nSPS) is 16.0. The Labute approximate surface area is 133 Å². The number of hydrogen-bond donors (Lipinski definition) is 2. The van der Waals surface area contributed by atoms with Crippen molar-refractivity contribution in [3.8, 4) is 10.7 Å². The molecule has 22 heavy (non-hydrogen) atoms. The van der Waals surface area contributed by atoms with E-state index in [2.05, 4.69) is 25.8 Å². The molecule has 1 aliphatic rings. The standard InChI is InChI=1S/C15H19N5OS/c21-14(17-11-7-3-1-2-4-8-11)18-15-20-19-13(22-15)12-9-5-6-10-16-12/h5-6,9-11H,1-4,7-8H2,(H2,17,18,20,21). The molecule has 116 valence electrons. The summed E-state index contributed by atoms with van der Waals surface area (Å²) in [7, 11) is 0. The third-order valence-corrected chi connectivity index (χ3v) is 4.58. The first-order valence-electron chi connectivity index (χ1n) is 7.64. The zero-order valence-corrected chi connectivity index (χ0v) is 13.1. The molecule has 3 rings (SSSR count). The van der Waals surface area contributed by atoms with E-state index in [1.807, 2.05) is 18.2 Å². The lowest BCUT2D eigenvalue weighted by Crippen LogP contribution is -2.37. The van der Waals surface area contributed by atoms with Gasteiger partial charge in [-0.3, -0.25) is 10.3 Å². The SMILES string of the molecule is O=C(Nc1nnc(-c2ccccn2)s1)NC1CCCCCC1. The van der Waals surface area contributed by atoms with E-state index in [1.165, 1.54) is 37.0 Å². The average molecular weight is 317 g/mol. The summed E-state index contributed by atoms with van der Waals surface area (Å²) in [6.07, 6.45) is 8.74. The van der Waals surface area contributed by atoms with E-state index in [-0.39, 0.29) is 12.1 Å². The summed E-state index contributed by atoms with van der Waals surface area (Å²) < 4.78 is 0. The maximum atomic E-state index is 12.0. The molecule has 1 saturated carbocycles. The average Bonchev–Trinajstić information content (AvgIpc) is 2.84. The molecule has 0 bridgehead atoms. The number of urea groups is 1. The van der Waals surface area contributed by atoms with Gasteiger partial charge >= 0.3 is 6.03 Å². The van der Waals surface area contributed by atoms with Gasteiger partial charge in [-0.15, -0.1) is 10.2 Å². The summed E-state index contributed by atoms with van der Waals surface area (Å²) >= 11 is 1.32. The number of pyridine rings is 1. The molecular weight excluding hydrogens is 298 g/mol. The molecule has 7 heteroatoms. The van der Waals surface area contributed by atoms with Crippen LogP contribution in [-0.4, -0.2) is 27.3 Å². The van der Waals surface area contributed by atoms with E-state index >= 15 is 0 Å². The molecule has 1 aliphatic carbocycles. The predicted octanol–water partition coefficient (Wildman–Crippen LogP) is 3.44. The minimum Gasteiger partial charge on any atom is -0.335 e. The second kappa shape index (κ2) is 7.31. The zero-order chi connectivity index (χ0) is 15.2. The molecule has 6 nitrogen and oxygen atoms in total. The van der Waals surface area contributed by atoms with Gasteiger partial charge in [0.2, 0.25) is 5.13 Å². The molecule has 0 spiro atoms. The Morgan fingerprint density at radius 3 is 2.68 bits per heavy atom. The maximum Gasteiger partial charge on any atom is 0.321 e. The first-order chi connectivity index (χ1) is 10.8. The van der Waals surface area contributed by atoms with E-state index in [0.717, 1.165) is 18.5 Å². The van der Waals surface area contributed by atoms with Crippen molar-refractivity contribution in [1.82, 2.24) is 20.5 Å². The third-order valence-electron chi connectivity index (χ3n) is 3.72. The van der Waals surface area contributed by atoms with Gasteiger partial charge in [-0.2, -0.15) is 0 Å². The van der Waals surface area contributed by atoms with E-state index < -0.39 is 0 Å². The van der Waals surface area contributed by atoms with Crippen LogP contribution in [0.25, 0.3) is 10.7 Å². The van der Waals surface area contributed by atoms with Crippen molar-refractivity contribution in [3.63, 3.8) is 0 Å². The van der Waals surface area contributed by atoms with Crippen LogP contribution in [0.5, 0.6) is 0 Å². The minimum absolute atomic E-state index is 0.198. The lowest BCUT2D eigenvalue weighted by atomic mass is 10.1. The summed E-state index contributed by atoms with van der Waals surface area (Å²) in [5, 5.41) is 15.1. The van der Waals surface area contributed by atoms with Gasteiger partial charge in [0, 0.05) is 12.2 Å². The van der Waals surface area contributed by atoms with Crippen molar-refractivity contribution >= 4 is 22.5 Å². The maximum absolute atomic E-state index is 12.0. The molecule has 0 saturated heterocycles. The number of carbonyl (C=O) groups excluding carboxylic acids is 1. The quantitative estimate of drug-likeness (QED) is 0.850. The highest BCUT2D eigenvalue weighted by Crippen LogP contribution is 2.24. The van der Waals surface area contributed by atoms with Crippen LogP contribution in [-0.2, 0) is 0 Å². The summed E-state index contributed by atoms with van der Waals surface area (Å²) in [4.78, 5) is 16.3. The van der Waals surface area contributed by atoms with Gasteiger partial charge in [0.25, 0.3) is 0 Å². The van der Waals surface area contributed by atoms with Crippen LogP contribution in [0.2, 0.25) is 0 Å². The molecular formula is C15H19N5OS. The fourth-order valence-corrected chi connectivity index (χ4v) is 3.32. The lowest BCUT2D eigenvalue weighted by Gasteiger charge is -2.15. The van der Waals surface area contributed by atoms with Crippen molar-refractivity contribution in [2.24, 2.45) is 0 Å². The largest absolute Gasteiger partial charge is 0.335 e. The highest BCUT2D eigenvalue weighted by Gasteiger charge is 2.16. The molecule has 2 N–H and O–H groups in total. The Balaban J connectivity index is 1.56. The Bertz CT molecular complexity index is 607. The lowest BCUT2D eigenvalue weighted by molar-refractivity contribution is 0.247. The first-order valence-corrected chi connectivity index (χ1v) is 8.45. The van der Waals surface area contributed by atoms with Crippen LogP contribution < -0.4 is 10.6 Å². The second-order valence-corrected chi connectivity index (χ2v) is 6.39. The van der Waals surface area contributed by atoms with Gasteiger partial charge in [-0.05, 0) is 25.0 Å². The number of aromatic nitrogens is 3. The fraction of sp³-hybridized carbons (Fsp3) is 0.467. The smallest absolute Gasteiger partial charge is 0.321 e. The number of nitrogens with one attached hydrogen (secondary N) is 2. The molecule has 0 aromatic carbocycles. The summed E-state index contributed by atoms with van der Waals surface area (Å²) in [5.41, 5.74) is 0.761. The number of carbonyl (C=O) groups is 1. The van der Waals surface area contributed by atoms with Gasteiger partial charge in [0.1, 0.15) is 5.69 Å². The van der Waals surface area contributed by atoms with Crippen molar-refractivity contribution in [2.75, 3.05) is 5.32 Å². The Hall–Kier alpha value is -2.02. The summed E-state index contributed by atoms with van der Waals surface area (Å²) in [5.74, 6) is 0. The van der Waals surface area contributed by atoms with Crippen LogP contribution >= 0.6 is 11.3 Å². The highest BCUT2D eigenvalue weighted by molar-refractivity contribution is 7.18. The Morgan fingerprint density at radius 2 is 1.95 bits per heavy atom. The zero-order valence-electron chi connectivity index (χ0n) is 12.3. The number of hydrogen-bond acceptors (Lipinski definition) is 5. The van der Waals surface area contributed by atoms with Gasteiger partial charge in [0.05, 0.1) is 0 Å². The van der Waals surface area contributed by atoms with Crippen molar-refractivity contribution in [2.45, 2.75) is 44.6 Å². The summed E-state index contributed by atoms with van der Waals surface area (Å²) in [6.45, 7) is 0. The van der Waals surface area contributed by atoms with Crippen LogP contribution in [0.4, 0.5) is 9.93 Å². The van der Waals surface area contributed by atoms with Crippen LogP contribution in [0, 0.1) is 0 Å². The molecule has 2 aromatic rings. The van der Waals surface area contributed by atoms with Crippen LogP contribution in [0.3, 0.4) is 0 Å². The molecule has 2 aromatic heterocycles. The molecule has 2 heterocycles. The van der Waals surface area contributed by atoms with Crippen molar-refractivity contribution in [1.29, 1.82) is 0 Å². The minimum atomic E-state index is -0.198. The van der Waals surface area contributed by atoms with Gasteiger partial charge in [-0.25, -0.2) is 4.79 Å². The number of anilines is 1. The molecule has 0 radical (unpaired) electrons. The first kappa shape index (κ1) is 14.9. The topological polar surface area (TPSA) is 79.8 Å². The molecule has 0 unspecified atom stereocenters. The van der Waals surface area contributed by atoms with Gasteiger partial charge in [0.15, 0.2) is 5.01 Å². The van der Waals surface area contributed by atoms with Gasteiger partial charge in [-0.1, -0.05) is 43.1 Å². The van der Waals surface area contributed by atoms with E-state index in [0.29, 0.717) is 10.1 Å². The number of amides is 2. The Kier molecular flexibility index (Phi) is 4.95. The van der Waals surface area contributed by atoms with Crippen LogP contribution in [0.15, 0.2) is 24.4 Å². The van der Waals surface area contributed by atoms with E-state index in [9.17, 15) is 4.79 Å². The van der Waals surface area contributed by atoms with Crippen molar-refractivity contribution < 1.29 is 4.79 Å². The fourth-order valence-electron chi connectivity index (χ4n) is 2.61. The van der Waals surface area contributed by atoms with Gasteiger partial charge < -0.3 is 5.32 Å². The van der Waals surface area contributed by atoms with Crippen LogP contribution in [0.1, 0.15) is 38.5 Å². The molecule has 0 aliphatic heterocycles. The number of nitrogens with zero attached hydrogens (tertiary/aromatic N) is 3. The molecule has 1 fully saturated rings. The van der Waals surface area contributed by atoms with Crippen molar-refractivity contribution in [3.05, 3.63) is 24.4 Å². The second-order valence-electron chi connectivity index (χ2n) is 5.41. The number of rotatable bonds is 3.